The monoisotopic (exact) mass is 408 g/mol. The Morgan fingerprint density at radius 2 is 1.90 bits per heavy atom. The van der Waals surface area contributed by atoms with E-state index in [0.29, 0.717) is 31.3 Å². The molecule has 0 saturated carbocycles. The van der Waals surface area contributed by atoms with Gasteiger partial charge in [-0.05, 0) is 47.7 Å². The molecule has 8 heteroatoms. The SMILES string of the molecule is CC(=O)N1CCc2c(ccc(C)c2NC(=O)Cc2ccc(C(F)(F)F)c(F)c2)C1. The quantitative estimate of drug-likeness (QED) is 0.773. The average molecular weight is 408 g/mol. The van der Waals surface area contributed by atoms with Crippen molar-refractivity contribution in [3.05, 3.63) is 64.0 Å². The molecule has 1 aliphatic rings. The number of anilines is 1. The van der Waals surface area contributed by atoms with Gasteiger partial charge in [0, 0.05) is 25.7 Å². The van der Waals surface area contributed by atoms with Crippen molar-refractivity contribution in [2.75, 3.05) is 11.9 Å². The second-order valence-electron chi connectivity index (χ2n) is 7.12. The van der Waals surface area contributed by atoms with Gasteiger partial charge in [0.2, 0.25) is 11.8 Å². The summed E-state index contributed by atoms with van der Waals surface area (Å²) in [5.74, 6) is -1.87. The molecule has 2 aromatic rings. The molecule has 0 aromatic heterocycles. The highest BCUT2D eigenvalue weighted by Gasteiger charge is 2.34. The molecule has 0 bridgehead atoms. The van der Waals surface area contributed by atoms with Crippen molar-refractivity contribution in [1.82, 2.24) is 4.90 Å². The Kier molecular flexibility index (Phi) is 5.64. The van der Waals surface area contributed by atoms with Crippen molar-refractivity contribution >= 4 is 17.5 Å². The highest BCUT2D eigenvalue weighted by Crippen LogP contribution is 2.32. The Morgan fingerprint density at radius 3 is 2.52 bits per heavy atom. The van der Waals surface area contributed by atoms with E-state index in [1.165, 1.54) is 6.92 Å². The van der Waals surface area contributed by atoms with Crippen LogP contribution in [0.4, 0.5) is 23.2 Å². The number of alkyl halides is 3. The van der Waals surface area contributed by atoms with E-state index in [9.17, 15) is 27.2 Å². The number of hydrogen-bond acceptors (Lipinski definition) is 2. The van der Waals surface area contributed by atoms with E-state index in [0.717, 1.165) is 28.8 Å². The van der Waals surface area contributed by atoms with E-state index in [1.807, 2.05) is 19.1 Å². The second-order valence-corrected chi connectivity index (χ2v) is 7.12. The summed E-state index contributed by atoms with van der Waals surface area (Å²) in [6.07, 6.45) is -4.45. The third-order valence-corrected chi connectivity index (χ3v) is 5.02. The van der Waals surface area contributed by atoms with Crippen molar-refractivity contribution < 1.29 is 27.2 Å². The van der Waals surface area contributed by atoms with E-state index in [-0.39, 0.29) is 17.9 Å². The first-order valence-electron chi connectivity index (χ1n) is 9.08. The van der Waals surface area contributed by atoms with Crippen LogP contribution in [-0.4, -0.2) is 23.3 Å². The maximum atomic E-state index is 13.7. The summed E-state index contributed by atoms with van der Waals surface area (Å²) in [4.78, 5) is 25.8. The zero-order chi connectivity index (χ0) is 21.3. The van der Waals surface area contributed by atoms with Crippen LogP contribution in [0.3, 0.4) is 0 Å². The van der Waals surface area contributed by atoms with Crippen molar-refractivity contribution in [1.29, 1.82) is 0 Å². The Bertz CT molecular complexity index is 970. The van der Waals surface area contributed by atoms with Gasteiger partial charge < -0.3 is 10.2 Å². The molecule has 0 radical (unpaired) electrons. The van der Waals surface area contributed by atoms with Gasteiger partial charge in [0.15, 0.2) is 0 Å². The van der Waals surface area contributed by atoms with Gasteiger partial charge in [-0.1, -0.05) is 18.2 Å². The number of hydrogen-bond donors (Lipinski definition) is 1. The summed E-state index contributed by atoms with van der Waals surface area (Å²) in [5.41, 5.74) is 2.15. The molecule has 29 heavy (non-hydrogen) atoms. The molecule has 0 unspecified atom stereocenters. The van der Waals surface area contributed by atoms with Gasteiger partial charge in [-0.15, -0.1) is 0 Å². The Morgan fingerprint density at radius 1 is 1.17 bits per heavy atom. The number of amides is 2. The molecule has 3 rings (SSSR count). The molecule has 1 N–H and O–H groups in total. The standard InChI is InChI=1S/C21H20F4N2O2/c1-12-3-5-15-11-27(13(2)28)8-7-16(15)20(12)26-19(29)10-14-4-6-17(18(22)9-14)21(23,24)25/h3-6,9H,7-8,10-11H2,1-2H3,(H,26,29). The van der Waals surface area contributed by atoms with Crippen LogP contribution < -0.4 is 5.32 Å². The minimum Gasteiger partial charge on any atom is -0.338 e. The predicted octanol–water partition coefficient (Wildman–Crippen LogP) is 4.24. The molecule has 2 aromatic carbocycles. The summed E-state index contributed by atoms with van der Waals surface area (Å²) in [6, 6.07) is 6.24. The van der Waals surface area contributed by atoms with Gasteiger partial charge in [-0.3, -0.25) is 9.59 Å². The number of nitrogens with one attached hydrogen (secondary N) is 1. The lowest BCUT2D eigenvalue weighted by molar-refractivity contribution is -0.140. The summed E-state index contributed by atoms with van der Waals surface area (Å²) < 4.78 is 51.7. The van der Waals surface area contributed by atoms with Gasteiger partial charge in [-0.2, -0.15) is 13.2 Å². The maximum absolute atomic E-state index is 13.7. The lowest BCUT2D eigenvalue weighted by Gasteiger charge is -2.30. The number of rotatable bonds is 3. The lowest BCUT2D eigenvalue weighted by atomic mass is 9.94. The molecular weight excluding hydrogens is 388 g/mol. The fourth-order valence-corrected chi connectivity index (χ4v) is 3.48. The first-order chi connectivity index (χ1) is 13.6. The molecule has 2 amide bonds. The fourth-order valence-electron chi connectivity index (χ4n) is 3.48. The highest BCUT2D eigenvalue weighted by molar-refractivity contribution is 5.94. The molecule has 0 fully saturated rings. The van der Waals surface area contributed by atoms with Crippen LogP contribution >= 0.6 is 0 Å². The van der Waals surface area contributed by atoms with E-state index in [2.05, 4.69) is 5.32 Å². The van der Waals surface area contributed by atoms with Gasteiger partial charge in [0.1, 0.15) is 5.82 Å². The largest absolute Gasteiger partial charge is 0.419 e. The zero-order valence-electron chi connectivity index (χ0n) is 16.0. The Labute approximate surface area is 165 Å². The van der Waals surface area contributed by atoms with Crippen LogP contribution in [0.2, 0.25) is 0 Å². The molecule has 0 spiro atoms. The van der Waals surface area contributed by atoms with Crippen molar-refractivity contribution in [3.8, 4) is 0 Å². The van der Waals surface area contributed by atoms with E-state index in [1.54, 1.807) is 4.90 Å². The molecule has 154 valence electrons. The van der Waals surface area contributed by atoms with E-state index < -0.39 is 23.5 Å². The number of benzene rings is 2. The molecule has 0 atom stereocenters. The zero-order valence-corrected chi connectivity index (χ0v) is 16.0. The minimum atomic E-state index is -4.78. The smallest absolute Gasteiger partial charge is 0.338 e. The lowest BCUT2D eigenvalue weighted by Crippen LogP contribution is -2.35. The number of carbonyl (C=O) groups excluding carboxylic acids is 2. The topological polar surface area (TPSA) is 49.4 Å². The van der Waals surface area contributed by atoms with Crippen molar-refractivity contribution in [2.45, 2.75) is 39.4 Å². The minimum absolute atomic E-state index is 0.0221. The van der Waals surface area contributed by atoms with Gasteiger partial charge >= 0.3 is 6.18 Å². The van der Waals surface area contributed by atoms with Crippen LogP contribution in [0.1, 0.15) is 34.7 Å². The third-order valence-electron chi connectivity index (χ3n) is 5.02. The summed E-state index contributed by atoms with van der Waals surface area (Å²) in [6.45, 7) is 4.34. The van der Waals surface area contributed by atoms with Crippen molar-refractivity contribution in [3.63, 3.8) is 0 Å². The van der Waals surface area contributed by atoms with E-state index >= 15 is 0 Å². The fraction of sp³-hybridized carbons (Fsp3) is 0.333. The number of aryl methyl sites for hydroxylation is 1. The predicted molar refractivity (Wildman–Crippen MR) is 99.7 cm³/mol. The maximum Gasteiger partial charge on any atom is 0.419 e. The van der Waals surface area contributed by atoms with Crippen LogP contribution in [0.5, 0.6) is 0 Å². The first-order valence-corrected chi connectivity index (χ1v) is 9.08. The van der Waals surface area contributed by atoms with Crippen LogP contribution in [0.25, 0.3) is 0 Å². The van der Waals surface area contributed by atoms with Gasteiger partial charge in [0.25, 0.3) is 0 Å². The van der Waals surface area contributed by atoms with Crippen molar-refractivity contribution in [2.24, 2.45) is 0 Å². The average Bonchev–Trinajstić information content (AvgIpc) is 2.62. The third kappa shape index (κ3) is 4.58. The van der Waals surface area contributed by atoms with Gasteiger partial charge in [0.05, 0.1) is 12.0 Å². The normalized spacial score (nSPS) is 13.8. The molecule has 0 saturated heterocycles. The highest BCUT2D eigenvalue weighted by atomic mass is 19.4. The van der Waals surface area contributed by atoms with Crippen LogP contribution in [-0.2, 0) is 35.2 Å². The van der Waals surface area contributed by atoms with Crippen LogP contribution in [0, 0.1) is 12.7 Å². The summed E-state index contributed by atoms with van der Waals surface area (Å²) >= 11 is 0. The van der Waals surface area contributed by atoms with E-state index in [4.69, 9.17) is 0 Å². The van der Waals surface area contributed by atoms with Gasteiger partial charge in [-0.25, -0.2) is 4.39 Å². The molecule has 0 aliphatic carbocycles. The second kappa shape index (κ2) is 7.85. The Balaban J connectivity index is 1.77. The number of nitrogens with zero attached hydrogens (tertiary/aromatic N) is 1. The number of halogens is 4. The molecule has 1 heterocycles. The molecule has 1 aliphatic heterocycles. The summed E-state index contributed by atoms with van der Waals surface area (Å²) in [5, 5.41) is 2.81. The first kappa shape index (κ1) is 20.8. The van der Waals surface area contributed by atoms with Crippen LogP contribution in [0.15, 0.2) is 30.3 Å². The number of carbonyl (C=O) groups is 2. The summed E-state index contributed by atoms with van der Waals surface area (Å²) in [7, 11) is 0. The number of fused-ring (bicyclic) bond motifs is 1. The molecular formula is C21H20F4N2O2. The molecule has 4 nitrogen and oxygen atoms in total. The Hall–Kier alpha value is -2.90.